The Hall–Kier alpha value is -1.91. The lowest BCUT2D eigenvalue weighted by atomic mass is 9.33. The molecule has 6 aliphatic heterocycles. The van der Waals surface area contributed by atoms with Gasteiger partial charge in [0.25, 0.3) is 0 Å². The maximum atomic E-state index is 13.3. The van der Waals surface area contributed by atoms with Crippen molar-refractivity contribution < 1.29 is 148 Å². The molecule has 6 heterocycles. The van der Waals surface area contributed by atoms with Crippen molar-refractivity contribution in [2.75, 3.05) is 33.0 Å². The van der Waals surface area contributed by atoms with Crippen LogP contribution >= 0.6 is 0 Å². The highest BCUT2D eigenvalue weighted by atomic mass is 16.8. The maximum Gasteiger partial charge on any atom is 0.310 e. The predicted octanol–water partition coefficient (Wildman–Crippen LogP) is -3.52. The Kier molecular flexibility index (Phi) is 21.4. The lowest BCUT2D eigenvalue weighted by molar-refractivity contribution is -0.406. The minimum absolute atomic E-state index is 0.00249. The van der Waals surface area contributed by atoms with Crippen LogP contribution in [0, 0.1) is 50.2 Å². The standard InChI is InChI=1S/C64H104O30/c1-25-36(70)40(74)43(77)53(85-25)93-50-46(80)56(88-32(21-66)48(50)91-54-44(78)41(75)47(31(20-65)87-54)90-52-42(76)38(72)29(68)22-83-52)92-49-37(71)26(2)86-55(45(49)79)94-51-39(73)30(69)23-84-57(51)89-35-12-13-60(5)33(61(35,6)24-67)11-14-63(8)34(60)10-9-27-28-19-59(3,4)15-17-64(28,58(81)82)18-16-62(27,63)7/h9,25-26,28-57,65-80H,10-24H2,1-8H3,(H,81,82)/t25-,26-,28?,29-,30+,31-,32-,33?,34?,35?,36-,37+,38-,39-,40-,41+,42-,43-,44?,45-,46-,47-,48+,49-,50+,51-,52+,53+,54+,55+,56+,57+,60?,61?,62?,63?,64?/m1/s1. The Bertz CT molecular complexity index is 2640. The Morgan fingerprint density at radius 2 is 1.01 bits per heavy atom. The van der Waals surface area contributed by atoms with E-state index in [1.165, 1.54) is 19.4 Å². The van der Waals surface area contributed by atoms with Gasteiger partial charge in [-0.25, -0.2) is 0 Å². The van der Waals surface area contributed by atoms with Gasteiger partial charge in [0, 0.05) is 5.41 Å². The fourth-order valence-electron chi connectivity index (χ4n) is 18.9. The van der Waals surface area contributed by atoms with Gasteiger partial charge in [-0.15, -0.1) is 0 Å². The molecule has 5 aliphatic carbocycles. The summed E-state index contributed by atoms with van der Waals surface area (Å²) in [6.07, 6.45) is -41.2. The van der Waals surface area contributed by atoms with Gasteiger partial charge in [0.2, 0.25) is 0 Å². The third-order valence-electron chi connectivity index (χ3n) is 25.0. The van der Waals surface area contributed by atoms with Gasteiger partial charge in [0.05, 0.1) is 56.8 Å². The number of hydrogen-bond donors (Lipinski definition) is 17. The summed E-state index contributed by atoms with van der Waals surface area (Å²) in [6, 6.07) is 0. The Morgan fingerprint density at radius 1 is 0.489 bits per heavy atom. The van der Waals surface area contributed by atoms with Crippen LogP contribution in [-0.2, 0) is 61.6 Å². The van der Waals surface area contributed by atoms with Gasteiger partial charge >= 0.3 is 5.97 Å². The molecule has 0 aromatic heterocycles. The summed E-state index contributed by atoms with van der Waals surface area (Å²) in [5.41, 5.74) is -1.15. The van der Waals surface area contributed by atoms with Gasteiger partial charge in [-0.2, -0.15) is 0 Å². The van der Waals surface area contributed by atoms with Crippen molar-refractivity contribution in [1.29, 1.82) is 0 Å². The number of hydrogen-bond acceptors (Lipinski definition) is 29. The van der Waals surface area contributed by atoms with Crippen LogP contribution in [0.4, 0.5) is 0 Å². The van der Waals surface area contributed by atoms with E-state index in [0.717, 1.165) is 38.5 Å². The van der Waals surface area contributed by atoms with Gasteiger partial charge in [-0.05, 0) is 117 Å². The van der Waals surface area contributed by atoms with Crippen LogP contribution in [0.5, 0.6) is 0 Å². The van der Waals surface area contributed by atoms with E-state index in [0.29, 0.717) is 25.7 Å². The number of fused-ring (bicyclic) bond motifs is 7. The van der Waals surface area contributed by atoms with Crippen molar-refractivity contribution in [2.24, 2.45) is 50.2 Å². The molecule has 11 rings (SSSR count). The molecule has 30 heteroatoms. The van der Waals surface area contributed by atoms with Crippen LogP contribution in [0.1, 0.15) is 120 Å². The van der Waals surface area contributed by atoms with Crippen LogP contribution in [0.2, 0.25) is 0 Å². The fourth-order valence-corrected chi connectivity index (χ4v) is 18.9. The van der Waals surface area contributed by atoms with Crippen molar-refractivity contribution in [2.45, 2.75) is 298 Å². The zero-order valence-corrected chi connectivity index (χ0v) is 54.6. The van der Waals surface area contributed by atoms with Gasteiger partial charge in [0.15, 0.2) is 37.7 Å². The summed E-state index contributed by atoms with van der Waals surface area (Å²) >= 11 is 0. The molecule has 10 unspecified atom stereocenters. The second kappa shape index (κ2) is 27.5. The molecule has 4 saturated carbocycles. The molecule has 0 radical (unpaired) electrons. The molecule has 10 fully saturated rings. The molecule has 30 nitrogen and oxygen atoms in total. The Balaban J connectivity index is 0.805. The Labute approximate surface area is 545 Å². The van der Waals surface area contributed by atoms with Crippen LogP contribution in [-0.4, -0.2) is 304 Å². The molecule has 0 bridgehead atoms. The molecule has 37 atom stereocenters. The van der Waals surface area contributed by atoms with Gasteiger partial charge < -0.3 is 144 Å². The van der Waals surface area contributed by atoms with Crippen molar-refractivity contribution in [3.05, 3.63) is 11.6 Å². The average Bonchev–Trinajstić information content (AvgIpc) is 0.676. The minimum Gasteiger partial charge on any atom is -0.481 e. The highest BCUT2D eigenvalue weighted by molar-refractivity contribution is 5.76. The Morgan fingerprint density at radius 3 is 1.66 bits per heavy atom. The van der Waals surface area contributed by atoms with E-state index in [2.05, 4.69) is 40.7 Å². The second-order valence-corrected chi connectivity index (χ2v) is 30.8. The fraction of sp³-hybridized carbons (Fsp3) is 0.953. The number of aliphatic hydroxyl groups excluding tert-OH is 16. The third-order valence-corrected chi connectivity index (χ3v) is 25.0. The summed E-state index contributed by atoms with van der Waals surface area (Å²) in [7, 11) is 0. The zero-order chi connectivity index (χ0) is 68.4. The van der Waals surface area contributed by atoms with E-state index < -0.39 is 221 Å². The highest BCUT2D eigenvalue weighted by Gasteiger charge is 2.71. The summed E-state index contributed by atoms with van der Waals surface area (Å²) in [4.78, 5) is 13.3. The van der Waals surface area contributed by atoms with E-state index in [1.54, 1.807) is 0 Å². The first kappa shape index (κ1) is 73.3. The van der Waals surface area contributed by atoms with E-state index in [1.807, 2.05) is 6.92 Å². The summed E-state index contributed by atoms with van der Waals surface area (Å²) in [5, 5.41) is 189. The SMILES string of the molecule is C[C@H]1O[C@@H](O[C@H]2[C@H](OC3CCC4(C)C(CCC5(C)C4CC=C4C6CC(C)(C)CCC6(C(=O)O)CCC45C)C3(C)CO)OC[C@H](O)[C@H]2O)[C@H](O)[C@H](O[C@@H]2O[C@H](CO)[C@H](O[C@@H]3O[C@H](CO)[C@@H](O[C@@H]4OC[C@@H](O)[C@@H](O)[C@H]4O)[C@@H](O)C3O)[C@@H](O[C@@H]3O[C@H](C)[C@@H](O)[C@@H](O)[C@H]3O)[C@H]2O)[C@H]1O. The predicted molar refractivity (Wildman–Crippen MR) is 315 cm³/mol. The zero-order valence-electron chi connectivity index (χ0n) is 54.6. The molecule has 0 amide bonds. The number of ether oxygens (including phenoxy) is 12. The normalized spacial score (nSPS) is 55.3. The molecule has 0 aromatic rings. The third kappa shape index (κ3) is 12.4. The van der Waals surface area contributed by atoms with E-state index in [-0.39, 0.29) is 46.0 Å². The number of rotatable bonds is 16. The van der Waals surface area contributed by atoms with Crippen LogP contribution in [0.15, 0.2) is 11.6 Å². The lowest BCUT2D eigenvalue weighted by Gasteiger charge is -2.71. The second-order valence-electron chi connectivity index (χ2n) is 30.8. The number of carboxylic acids is 1. The molecular weight excluding hydrogens is 1250 g/mol. The topological polar surface area (TPSA) is 472 Å². The number of carboxylic acid groups (broad SMARTS) is 1. The van der Waals surface area contributed by atoms with Crippen molar-refractivity contribution in [3.8, 4) is 0 Å². The number of allylic oxidation sites excluding steroid dienone is 2. The van der Waals surface area contributed by atoms with Crippen LogP contribution < -0.4 is 0 Å². The summed E-state index contributed by atoms with van der Waals surface area (Å²) < 4.78 is 72.4. The quantitative estimate of drug-likeness (QED) is 0.0526. The number of carbonyl (C=O) groups is 1. The molecule has 17 N–H and O–H groups in total. The summed E-state index contributed by atoms with van der Waals surface area (Å²) in [5.74, 6) is -0.680. The lowest BCUT2D eigenvalue weighted by Crippen LogP contribution is -2.69. The first-order valence-electron chi connectivity index (χ1n) is 33.5. The average molecular weight is 1350 g/mol. The van der Waals surface area contributed by atoms with Gasteiger partial charge in [0.1, 0.15) is 122 Å². The van der Waals surface area contributed by atoms with E-state index >= 15 is 0 Å². The maximum absolute atomic E-state index is 13.3. The number of aliphatic hydroxyl groups is 16. The van der Waals surface area contributed by atoms with Gasteiger partial charge in [-0.1, -0.05) is 53.2 Å². The smallest absolute Gasteiger partial charge is 0.310 e. The monoisotopic (exact) mass is 1350 g/mol. The van der Waals surface area contributed by atoms with Gasteiger partial charge in [-0.3, -0.25) is 4.79 Å². The minimum atomic E-state index is -2.20. The molecule has 0 aromatic carbocycles. The molecular formula is C64H104O30. The van der Waals surface area contributed by atoms with Crippen molar-refractivity contribution in [1.82, 2.24) is 0 Å². The van der Waals surface area contributed by atoms with Crippen LogP contribution in [0.25, 0.3) is 0 Å². The van der Waals surface area contributed by atoms with Crippen molar-refractivity contribution >= 4 is 5.97 Å². The molecule has 540 valence electrons. The molecule has 11 aliphatic rings. The van der Waals surface area contributed by atoms with Crippen LogP contribution in [0.3, 0.4) is 0 Å². The number of aliphatic carboxylic acids is 1. The van der Waals surface area contributed by atoms with E-state index in [9.17, 15) is 91.6 Å². The summed E-state index contributed by atoms with van der Waals surface area (Å²) in [6.45, 7) is 13.1. The largest absolute Gasteiger partial charge is 0.481 e. The highest BCUT2D eigenvalue weighted by Crippen LogP contribution is 2.76. The van der Waals surface area contributed by atoms with Crippen molar-refractivity contribution in [3.63, 3.8) is 0 Å². The van der Waals surface area contributed by atoms with E-state index in [4.69, 9.17) is 56.8 Å². The molecule has 94 heavy (non-hydrogen) atoms. The molecule has 6 saturated heterocycles. The molecule has 0 spiro atoms. The first-order valence-corrected chi connectivity index (χ1v) is 33.5. The first-order chi connectivity index (χ1) is 44.1.